The topological polar surface area (TPSA) is 72.2 Å². The van der Waals surface area contributed by atoms with Gasteiger partial charge in [0.15, 0.2) is 9.84 Å². The van der Waals surface area contributed by atoms with Crippen LogP contribution in [0.4, 0.5) is 10.1 Å². The molecule has 2 rings (SSSR count). The number of anilines is 1. The second-order valence-corrected chi connectivity index (χ2v) is 7.68. The molecule has 0 amide bonds. The molecule has 104 valence electrons. The molecule has 1 aromatic carbocycles. The molecular weight excluding hydrogens is 287 g/mol. The summed E-state index contributed by atoms with van der Waals surface area (Å²) in [5, 5.41) is 3.08. The summed E-state index contributed by atoms with van der Waals surface area (Å²) in [7, 11) is -3.04. The molecule has 0 spiro atoms. The van der Waals surface area contributed by atoms with Crippen molar-refractivity contribution < 1.29 is 12.8 Å². The van der Waals surface area contributed by atoms with E-state index in [1.54, 1.807) is 13.0 Å². The summed E-state index contributed by atoms with van der Waals surface area (Å²) < 4.78 is 36.8. The van der Waals surface area contributed by atoms with Crippen LogP contribution < -0.4 is 11.1 Å². The first-order valence-corrected chi connectivity index (χ1v) is 8.02. The number of sulfone groups is 1. The van der Waals surface area contributed by atoms with Crippen LogP contribution in [0.25, 0.3) is 0 Å². The number of nitrogens with two attached hydrogens (primary N) is 1. The van der Waals surface area contributed by atoms with Crippen molar-refractivity contribution in [2.24, 2.45) is 5.73 Å². The number of rotatable bonds is 3. The normalized spacial score (nSPS) is 25.2. The fraction of sp³-hybridized carbons (Fsp3) is 0.417. The first-order valence-electron chi connectivity index (χ1n) is 5.79. The van der Waals surface area contributed by atoms with Gasteiger partial charge in [-0.15, -0.1) is 0 Å². The van der Waals surface area contributed by atoms with Crippen LogP contribution in [0.5, 0.6) is 0 Å². The van der Waals surface area contributed by atoms with Crippen LogP contribution in [0.15, 0.2) is 18.2 Å². The van der Waals surface area contributed by atoms with Crippen LogP contribution in [-0.4, -0.2) is 30.5 Å². The average molecular weight is 302 g/mol. The van der Waals surface area contributed by atoms with E-state index < -0.39 is 21.2 Å². The first-order chi connectivity index (χ1) is 8.72. The second-order valence-electron chi connectivity index (χ2n) is 5.05. The van der Waals surface area contributed by atoms with Crippen LogP contribution in [0.2, 0.25) is 0 Å². The van der Waals surface area contributed by atoms with Crippen molar-refractivity contribution >= 4 is 32.7 Å². The number of halogens is 1. The highest BCUT2D eigenvalue weighted by atomic mass is 32.2. The lowest BCUT2D eigenvalue weighted by Crippen LogP contribution is -2.36. The SMILES string of the molecule is CC1(Nc2cccc(F)c2C(N)=S)CCS(=O)(=O)C1. The Hall–Kier alpha value is -1.21. The summed E-state index contributed by atoms with van der Waals surface area (Å²) in [6.45, 7) is 1.80. The quantitative estimate of drug-likeness (QED) is 0.827. The summed E-state index contributed by atoms with van der Waals surface area (Å²) in [5.74, 6) is -0.358. The van der Waals surface area contributed by atoms with E-state index in [0.717, 1.165) is 0 Å². The maximum absolute atomic E-state index is 13.7. The lowest BCUT2D eigenvalue weighted by molar-refractivity contribution is 0.572. The monoisotopic (exact) mass is 302 g/mol. The predicted molar refractivity (Wildman–Crippen MR) is 77.6 cm³/mol. The van der Waals surface area contributed by atoms with Gasteiger partial charge in [-0.3, -0.25) is 0 Å². The van der Waals surface area contributed by atoms with Crippen LogP contribution in [0.3, 0.4) is 0 Å². The van der Waals surface area contributed by atoms with Gasteiger partial charge in [-0.25, -0.2) is 12.8 Å². The van der Waals surface area contributed by atoms with Crippen molar-refractivity contribution in [1.82, 2.24) is 0 Å². The van der Waals surface area contributed by atoms with Crippen molar-refractivity contribution in [3.8, 4) is 0 Å². The number of hydrogen-bond donors (Lipinski definition) is 2. The molecule has 7 heteroatoms. The Morgan fingerprint density at radius 3 is 2.74 bits per heavy atom. The molecule has 1 aromatic rings. The van der Waals surface area contributed by atoms with E-state index in [4.69, 9.17) is 18.0 Å². The molecule has 0 aliphatic carbocycles. The Kier molecular flexibility index (Phi) is 3.53. The molecule has 0 bridgehead atoms. The second kappa shape index (κ2) is 4.72. The van der Waals surface area contributed by atoms with Gasteiger partial charge in [-0.2, -0.15) is 0 Å². The number of nitrogens with one attached hydrogen (secondary N) is 1. The average Bonchev–Trinajstić information content (AvgIpc) is 2.52. The van der Waals surface area contributed by atoms with Crippen LogP contribution in [0, 0.1) is 5.82 Å². The van der Waals surface area contributed by atoms with Gasteiger partial charge in [0, 0.05) is 11.2 Å². The molecule has 1 saturated heterocycles. The maximum Gasteiger partial charge on any atom is 0.152 e. The van der Waals surface area contributed by atoms with E-state index >= 15 is 0 Å². The Labute approximate surface area is 117 Å². The number of benzene rings is 1. The highest BCUT2D eigenvalue weighted by Crippen LogP contribution is 2.29. The van der Waals surface area contributed by atoms with E-state index in [1.165, 1.54) is 12.1 Å². The van der Waals surface area contributed by atoms with E-state index in [-0.39, 0.29) is 22.1 Å². The van der Waals surface area contributed by atoms with Crippen molar-refractivity contribution in [2.75, 3.05) is 16.8 Å². The molecule has 1 fully saturated rings. The molecule has 4 nitrogen and oxygen atoms in total. The van der Waals surface area contributed by atoms with Gasteiger partial charge in [0.2, 0.25) is 0 Å². The third kappa shape index (κ3) is 3.03. The van der Waals surface area contributed by atoms with Crippen LogP contribution in [0.1, 0.15) is 18.9 Å². The number of thiocarbonyl (C=S) groups is 1. The maximum atomic E-state index is 13.7. The molecular formula is C12H15FN2O2S2. The molecule has 1 heterocycles. The number of hydrogen-bond acceptors (Lipinski definition) is 4. The lowest BCUT2D eigenvalue weighted by Gasteiger charge is -2.26. The van der Waals surface area contributed by atoms with Gasteiger partial charge >= 0.3 is 0 Å². The minimum Gasteiger partial charge on any atom is -0.389 e. The third-order valence-corrected chi connectivity index (χ3v) is 5.31. The Morgan fingerprint density at radius 2 is 2.21 bits per heavy atom. The highest BCUT2D eigenvalue weighted by Gasteiger charge is 2.38. The van der Waals surface area contributed by atoms with E-state index in [2.05, 4.69) is 5.32 Å². The van der Waals surface area contributed by atoms with Crippen molar-refractivity contribution in [3.05, 3.63) is 29.6 Å². The molecule has 19 heavy (non-hydrogen) atoms. The Morgan fingerprint density at radius 1 is 1.53 bits per heavy atom. The fourth-order valence-corrected chi connectivity index (χ4v) is 4.61. The first kappa shape index (κ1) is 14.2. The summed E-state index contributed by atoms with van der Waals surface area (Å²) in [6, 6.07) is 4.45. The van der Waals surface area contributed by atoms with Gasteiger partial charge in [0.1, 0.15) is 10.8 Å². The Balaban J connectivity index is 2.35. The van der Waals surface area contributed by atoms with Crippen LogP contribution in [-0.2, 0) is 9.84 Å². The highest BCUT2D eigenvalue weighted by molar-refractivity contribution is 7.91. The zero-order valence-electron chi connectivity index (χ0n) is 10.4. The summed E-state index contributed by atoms with van der Waals surface area (Å²) in [4.78, 5) is -0.0509. The zero-order chi connectivity index (χ0) is 14.3. The van der Waals surface area contributed by atoms with Gasteiger partial charge in [-0.1, -0.05) is 18.3 Å². The molecule has 1 aliphatic heterocycles. The lowest BCUT2D eigenvalue weighted by atomic mass is 10.0. The molecule has 0 radical (unpaired) electrons. The largest absolute Gasteiger partial charge is 0.389 e. The van der Waals surface area contributed by atoms with Gasteiger partial charge in [-0.05, 0) is 25.5 Å². The van der Waals surface area contributed by atoms with E-state index in [1.807, 2.05) is 0 Å². The van der Waals surface area contributed by atoms with E-state index in [0.29, 0.717) is 12.1 Å². The Bertz CT molecular complexity index is 631. The standard InChI is InChI=1S/C12H15FN2O2S2/c1-12(5-6-19(16,17)7-12)15-9-4-2-3-8(13)10(9)11(14)18/h2-4,15H,5-7H2,1H3,(H2,14,18). The van der Waals surface area contributed by atoms with Crippen molar-refractivity contribution in [1.29, 1.82) is 0 Å². The summed E-state index contributed by atoms with van der Waals surface area (Å²) in [5.41, 5.74) is 5.47. The smallest absolute Gasteiger partial charge is 0.152 e. The molecule has 1 aliphatic rings. The third-order valence-electron chi connectivity index (χ3n) is 3.20. The minimum atomic E-state index is -3.04. The van der Waals surface area contributed by atoms with Gasteiger partial charge in [0.25, 0.3) is 0 Å². The van der Waals surface area contributed by atoms with E-state index in [9.17, 15) is 12.8 Å². The van der Waals surface area contributed by atoms with Crippen molar-refractivity contribution in [3.63, 3.8) is 0 Å². The molecule has 1 unspecified atom stereocenters. The fourth-order valence-electron chi connectivity index (χ4n) is 2.31. The minimum absolute atomic E-state index is 0.0211. The summed E-state index contributed by atoms with van der Waals surface area (Å²) >= 11 is 4.84. The molecule has 3 N–H and O–H groups in total. The summed E-state index contributed by atoms with van der Waals surface area (Å²) in [6.07, 6.45) is 0.475. The molecule has 0 saturated carbocycles. The van der Waals surface area contributed by atoms with Crippen LogP contribution >= 0.6 is 12.2 Å². The predicted octanol–water partition coefficient (Wildman–Crippen LogP) is 1.45. The molecule has 0 aromatic heterocycles. The van der Waals surface area contributed by atoms with Crippen molar-refractivity contribution in [2.45, 2.75) is 18.9 Å². The van der Waals surface area contributed by atoms with Gasteiger partial charge < -0.3 is 11.1 Å². The van der Waals surface area contributed by atoms with Gasteiger partial charge in [0.05, 0.1) is 17.1 Å². The zero-order valence-corrected chi connectivity index (χ0v) is 12.1. The molecule has 1 atom stereocenters.